The molecule has 0 amide bonds. The number of nitrogen functional groups attached to an aromatic ring is 1. The van der Waals surface area contributed by atoms with E-state index in [0.29, 0.717) is 16.5 Å². The molecule has 1 aromatic heterocycles. The minimum Gasteiger partial charge on any atom is -0.507 e. The zero-order valence-electron chi connectivity index (χ0n) is 9.99. The van der Waals surface area contributed by atoms with Gasteiger partial charge in [-0.15, -0.1) is 11.3 Å². The Bertz CT molecular complexity index is 612. The molecule has 8 heteroatoms. The predicted molar refractivity (Wildman–Crippen MR) is 74.1 cm³/mol. The van der Waals surface area contributed by atoms with Crippen LogP contribution in [0.5, 0.6) is 17.2 Å². The molecule has 0 radical (unpaired) electrons. The van der Waals surface area contributed by atoms with Crippen molar-refractivity contribution in [2.45, 2.75) is 0 Å². The van der Waals surface area contributed by atoms with E-state index in [0.717, 1.165) is 0 Å². The molecule has 0 saturated heterocycles. The number of hydrazone groups is 1. The second-order valence-corrected chi connectivity index (χ2v) is 4.39. The summed E-state index contributed by atoms with van der Waals surface area (Å²) < 4.78 is 4.94. The minimum atomic E-state index is -0.141. The lowest BCUT2D eigenvalue weighted by atomic mass is 10.2. The lowest BCUT2D eigenvalue weighted by Crippen LogP contribution is -1.93. The van der Waals surface area contributed by atoms with Gasteiger partial charge in [-0.3, -0.25) is 5.43 Å². The number of nitrogens with zero attached hydrogens (tertiary/aromatic N) is 2. The van der Waals surface area contributed by atoms with Crippen LogP contribution in [0, 0.1) is 0 Å². The molecular formula is C11H12N4O3S. The standard InChI is InChI=1S/C11H12N4O3S/c1-18-9-2-6(7(16)3-8(9)17)4-13-15-11-14-10(12)5-19-11/h2-5,16-17H,12H2,1H3,(H,14,15). The maximum absolute atomic E-state index is 9.65. The first-order chi connectivity index (χ1) is 9.10. The number of hydrogen-bond donors (Lipinski definition) is 4. The lowest BCUT2D eigenvalue weighted by molar-refractivity contribution is 0.369. The van der Waals surface area contributed by atoms with Crippen LogP contribution in [0.4, 0.5) is 10.9 Å². The molecule has 0 bridgehead atoms. The fraction of sp³-hybridized carbons (Fsp3) is 0.0909. The van der Waals surface area contributed by atoms with Crippen molar-refractivity contribution in [1.82, 2.24) is 4.98 Å². The zero-order chi connectivity index (χ0) is 13.8. The van der Waals surface area contributed by atoms with Gasteiger partial charge >= 0.3 is 0 Å². The predicted octanol–water partition coefficient (Wildman–Crippen LogP) is 1.59. The van der Waals surface area contributed by atoms with Gasteiger partial charge in [0.05, 0.1) is 13.3 Å². The molecule has 19 heavy (non-hydrogen) atoms. The van der Waals surface area contributed by atoms with Crippen molar-refractivity contribution in [2.75, 3.05) is 18.3 Å². The van der Waals surface area contributed by atoms with Crippen LogP contribution in [0.15, 0.2) is 22.6 Å². The van der Waals surface area contributed by atoms with Gasteiger partial charge in [0.1, 0.15) is 11.6 Å². The summed E-state index contributed by atoms with van der Waals surface area (Å²) in [5.41, 5.74) is 8.53. The van der Waals surface area contributed by atoms with Gasteiger partial charge in [0, 0.05) is 17.0 Å². The summed E-state index contributed by atoms with van der Waals surface area (Å²) in [6.07, 6.45) is 1.38. The van der Waals surface area contributed by atoms with E-state index in [2.05, 4.69) is 15.5 Å². The molecule has 0 aliphatic rings. The third-order valence-electron chi connectivity index (χ3n) is 2.21. The van der Waals surface area contributed by atoms with Gasteiger partial charge in [0.15, 0.2) is 11.5 Å². The first-order valence-electron chi connectivity index (χ1n) is 5.20. The van der Waals surface area contributed by atoms with E-state index in [1.165, 1.54) is 36.8 Å². The molecule has 0 saturated carbocycles. The monoisotopic (exact) mass is 280 g/mol. The number of phenolic OH excluding ortho intramolecular Hbond substituents is 2. The first-order valence-corrected chi connectivity index (χ1v) is 6.08. The van der Waals surface area contributed by atoms with E-state index in [4.69, 9.17) is 10.5 Å². The molecule has 100 valence electrons. The highest BCUT2D eigenvalue weighted by atomic mass is 32.1. The van der Waals surface area contributed by atoms with Gasteiger partial charge in [-0.2, -0.15) is 5.10 Å². The second-order valence-electron chi connectivity index (χ2n) is 3.53. The lowest BCUT2D eigenvalue weighted by Gasteiger charge is -2.05. The second kappa shape index (κ2) is 5.44. The van der Waals surface area contributed by atoms with Gasteiger partial charge in [-0.05, 0) is 6.07 Å². The van der Waals surface area contributed by atoms with Crippen molar-refractivity contribution >= 4 is 28.5 Å². The molecule has 7 nitrogen and oxygen atoms in total. The van der Waals surface area contributed by atoms with Crippen LogP contribution < -0.4 is 15.9 Å². The van der Waals surface area contributed by atoms with E-state index in [1.54, 1.807) is 5.38 Å². The molecular weight excluding hydrogens is 268 g/mol. The van der Waals surface area contributed by atoms with E-state index in [9.17, 15) is 10.2 Å². The SMILES string of the molecule is COc1cc(C=NNc2nc(N)cs2)c(O)cc1O. The molecule has 1 aromatic carbocycles. The van der Waals surface area contributed by atoms with Crippen molar-refractivity contribution in [2.24, 2.45) is 5.10 Å². The van der Waals surface area contributed by atoms with Crippen LogP contribution in [-0.2, 0) is 0 Å². The Morgan fingerprint density at radius 2 is 2.21 bits per heavy atom. The maximum Gasteiger partial charge on any atom is 0.205 e. The number of nitrogens with two attached hydrogens (primary N) is 1. The highest BCUT2D eigenvalue weighted by Crippen LogP contribution is 2.32. The summed E-state index contributed by atoms with van der Waals surface area (Å²) in [5, 5.41) is 25.2. The van der Waals surface area contributed by atoms with Crippen LogP contribution in [0.3, 0.4) is 0 Å². The number of ether oxygens (including phenoxy) is 1. The van der Waals surface area contributed by atoms with E-state index >= 15 is 0 Å². The summed E-state index contributed by atoms with van der Waals surface area (Å²) >= 11 is 1.31. The van der Waals surface area contributed by atoms with Crippen molar-refractivity contribution in [3.63, 3.8) is 0 Å². The Morgan fingerprint density at radius 1 is 1.42 bits per heavy atom. The van der Waals surface area contributed by atoms with Gasteiger partial charge in [-0.25, -0.2) is 4.98 Å². The number of aromatic nitrogens is 1. The van der Waals surface area contributed by atoms with Crippen molar-refractivity contribution in [3.05, 3.63) is 23.1 Å². The highest BCUT2D eigenvalue weighted by Gasteiger charge is 2.07. The van der Waals surface area contributed by atoms with Gasteiger partial charge in [0.25, 0.3) is 0 Å². The third-order valence-corrected chi connectivity index (χ3v) is 2.98. The smallest absolute Gasteiger partial charge is 0.205 e. The number of nitrogens with one attached hydrogen (secondary N) is 1. The quantitative estimate of drug-likeness (QED) is 0.499. The van der Waals surface area contributed by atoms with Gasteiger partial charge in [-0.1, -0.05) is 0 Å². The van der Waals surface area contributed by atoms with Crippen LogP contribution in [0.25, 0.3) is 0 Å². The van der Waals surface area contributed by atoms with Crippen molar-refractivity contribution in [1.29, 1.82) is 0 Å². The molecule has 0 fully saturated rings. The molecule has 5 N–H and O–H groups in total. The van der Waals surface area contributed by atoms with Gasteiger partial charge < -0.3 is 20.7 Å². The van der Waals surface area contributed by atoms with Crippen molar-refractivity contribution < 1.29 is 14.9 Å². The Kier molecular flexibility index (Phi) is 3.71. The highest BCUT2D eigenvalue weighted by molar-refractivity contribution is 7.14. The number of rotatable bonds is 4. The molecule has 1 heterocycles. The number of phenols is 2. The van der Waals surface area contributed by atoms with E-state index < -0.39 is 0 Å². The van der Waals surface area contributed by atoms with Crippen molar-refractivity contribution in [3.8, 4) is 17.2 Å². The average Bonchev–Trinajstić information content (AvgIpc) is 2.78. The summed E-state index contributed by atoms with van der Waals surface area (Å²) in [7, 11) is 1.42. The van der Waals surface area contributed by atoms with E-state index in [-0.39, 0.29) is 17.2 Å². The number of benzene rings is 1. The summed E-state index contributed by atoms with van der Waals surface area (Å²) in [4.78, 5) is 3.96. The minimum absolute atomic E-state index is 0.109. The Labute approximate surface area is 113 Å². The largest absolute Gasteiger partial charge is 0.507 e. The number of methoxy groups -OCH3 is 1. The fourth-order valence-corrected chi connectivity index (χ4v) is 1.88. The van der Waals surface area contributed by atoms with Crippen LogP contribution in [0.2, 0.25) is 0 Å². The molecule has 0 spiro atoms. The molecule has 2 aromatic rings. The Balaban J connectivity index is 2.14. The fourth-order valence-electron chi connectivity index (χ4n) is 1.33. The normalized spacial score (nSPS) is 10.8. The van der Waals surface area contributed by atoms with Crippen LogP contribution in [0.1, 0.15) is 5.56 Å². The van der Waals surface area contributed by atoms with Gasteiger partial charge in [0.2, 0.25) is 5.13 Å². The summed E-state index contributed by atoms with van der Waals surface area (Å²) in [5.74, 6) is 0.412. The molecule has 0 aliphatic carbocycles. The number of anilines is 2. The molecule has 0 unspecified atom stereocenters. The average molecular weight is 280 g/mol. The number of aromatic hydroxyl groups is 2. The molecule has 0 aliphatic heterocycles. The zero-order valence-corrected chi connectivity index (χ0v) is 10.8. The Hall–Kier alpha value is -2.48. The first kappa shape index (κ1) is 13.0. The van der Waals surface area contributed by atoms with Crippen LogP contribution in [-0.4, -0.2) is 28.5 Å². The summed E-state index contributed by atoms with van der Waals surface area (Å²) in [6, 6.07) is 2.65. The molecule has 0 atom stereocenters. The number of thiazole rings is 1. The third kappa shape index (κ3) is 3.05. The maximum atomic E-state index is 9.65. The molecule has 2 rings (SSSR count). The topological polar surface area (TPSA) is 113 Å². The van der Waals surface area contributed by atoms with E-state index in [1.807, 2.05) is 0 Å². The summed E-state index contributed by atoms with van der Waals surface area (Å²) in [6.45, 7) is 0. The number of hydrogen-bond acceptors (Lipinski definition) is 8. The van der Waals surface area contributed by atoms with Crippen LogP contribution >= 0.6 is 11.3 Å². The Morgan fingerprint density at radius 3 is 2.84 bits per heavy atom.